The van der Waals surface area contributed by atoms with E-state index in [1.165, 1.54) is 0 Å². The third-order valence-corrected chi connectivity index (χ3v) is 2.40. The Kier molecular flexibility index (Phi) is 3.40. The number of anilines is 1. The van der Waals surface area contributed by atoms with Crippen molar-refractivity contribution in [3.05, 3.63) is 23.8 Å². The largest absolute Gasteiger partial charge is 0.398 e. The summed E-state index contributed by atoms with van der Waals surface area (Å²) < 4.78 is 0. The monoisotopic (exact) mass is 183 g/mol. The first-order chi connectivity index (χ1) is 5.77. The highest BCUT2D eigenvalue weighted by Gasteiger charge is 1.98. The van der Waals surface area contributed by atoms with Crippen molar-refractivity contribution in [3.63, 3.8) is 0 Å². The minimum absolute atomic E-state index is 0.674. The highest BCUT2D eigenvalue weighted by atomic mass is 32.2. The molecule has 4 heteroatoms. The summed E-state index contributed by atoms with van der Waals surface area (Å²) in [5.74, 6) is 5.20. The molecular formula is C8H13N3S. The molecular weight excluding hydrogens is 170 g/mol. The zero-order valence-electron chi connectivity index (χ0n) is 7.00. The zero-order chi connectivity index (χ0) is 8.97. The van der Waals surface area contributed by atoms with E-state index in [1.54, 1.807) is 11.8 Å². The normalized spacial score (nSPS) is 10.2. The van der Waals surface area contributed by atoms with Crippen LogP contribution in [0.4, 0.5) is 5.69 Å². The SMILES string of the molecule is CSc1cc(CNN)ccc1N. The molecule has 0 saturated heterocycles. The molecule has 0 aromatic heterocycles. The fourth-order valence-corrected chi connectivity index (χ4v) is 1.56. The molecule has 1 aromatic carbocycles. The maximum absolute atomic E-state index is 5.72. The molecule has 0 atom stereocenters. The van der Waals surface area contributed by atoms with Gasteiger partial charge in [-0.3, -0.25) is 11.3 Å². The van der Waals surface area contributed by atoms with Crippen molar-refractivity contribution in [2.24, 2.45) is 5.84 Å². The van der Waals surface area contributed by atoms with E-state index in [0.717, 1.165) is 16.1 Å². The van der Waals surface area contributed by atoms with Crippen molar-refractivity contribution in [3.8, 4) is 0 Å². The fraction of sp³-hybridized carbons (Fsp3) is 0.250. The number of nitrogens with two attached hydrogens (primary N) is 2. The number of nitrogens with one attached hydrogen (secondary N) is 1. The van der Waals surface area contributed by atoms with E-state index in [-0.39, 0.29) is 0 Å². The Morgan fingerprint density at radius 2 is 2.25 bits per heavy atom. The van der Waals surface area contributed by atoms with Crippen molar-refractivity contribution in [2.75, 3.05) is 12.0 Å². The summed E-state index contributed by atoms with van der Waals surface area (Å²) in [6, 6.07) is 5.91. The lowest BCUT2D eigenvalue weighted by Gasteiger charge is -2.05. The van der Waals surface area contributed by atoms with Crippen LogP contribution in [0.5, 0.6) is 0 Å². The number of hydrogen-bond acceptors (Lipinski definition) is 4. The van der Waals surface area contributed by atoms with Crippen LogP contribution in [-0.2, 0) is 6.54 Å². The van der Waals surface area contributed by atoms with Crippen LogP contribution in [0.15, 0.2) is 23.1 Å². The van der Waals surface area contributed by atoms with Gasteiger partial charge in [0.05, 0.1) is 0 Å². The van der Waals surface area contributed by atoms with E-state index in [4.69, 9.17) is 11.6 Å². The standard InChI is InChI=1S/C8H13N3S/c1-12-8-4-6(5-11-10)2-3-7(8)9/h2-4,11H,5,9-10H2,1H3. The average Bonchev–Trinajstić information content (AvgIpc) is 2.09. The number of rotatable bonds is 3. The van der Waals surface area contributed by atoms with E-state index in [0.29, 0.717) is 6.54 Å². The van der Waals surface area contributed by atoms with E-state index in [1.807, 2.05) is 24.5 Å². The minimum atomic E-state index is 0.674. The lowest BCUT2D eigenvalue weighted by Crippen LogP contribution is -2.20. The van der Waals surface area contributed by atoms with Gasteiger partial charge in [0.25, 0.3) is 0 Å². The molecule has 1 aromatic rings. The second-order valence-corrected chi connectivity index (χ2v) is 3.31. The van der Waals surface area contributed by atoms with Crippen molar-refractivity contribution >= 4 is 17.4 Å². The van der Waals surface area contributed by atoms with Crippen LogP contribution in [0.25, 0.3) is 0 Å². The highest BCUT2D eigenvalue weighted by molar-refractivity contribution is 7.98. The van der Waals surface area contributed by atoms with Crippen LogP contribution >= 0.6 is 11.8 Å². The lowest BCUT2D eigenvalue weighted by atomic mass is 10.2. The van der Waals surface area contributed by atoms with Crippen molar-refractivity contribution in [2.45, 2.75) is 11.4 Å². The Hall–Kier alpha value is -0.710. The number of thioether (sulfide) groups is 1. The molecule has 0 saturated carbocycles. The molecule has 3 nitrogen and oxygen atoms in total. The zero-order valence-corrected chi connectivity index (χ0v) is 7.82. The molecule has 0 heterocycles. The minimum Gasteiger partial charge on any atom is -0.398 e. The molecule has 12 heavy (non-hydrogen) atoms. The average molecular weight is 183 g/mol. The molecule has 0 spiro atoms. The first-order valence-corrected chi connectivity index (χ1v) is 4.86. The molecule has 0 radical (unpaired) electrons. The third kappa shape index (κ3) is 2.14. The predicted molar refractivity (Wildman–Crippen MR) is 53.7 cm³/mol. The second-order valence-electron chi connectivity index (χ2n) is 2.46. The Balaban J connectivity index is 2.89. The second kappa shape index (κ2) is 4.35. The van der Waals surface area contributed by atoms with Gasteiger partial charge >= 0.3 is 0 Å². The molecule has 1 rings (SSSR count). The van der Waals surface area contributed by atoms with Gasteiger partial charge in [-0.15, -0.1) is 11.8 Å². The van der Waals surface area contributed by atoms with E-state index < -0.39 is 0 Å². The lowest BCUT2D eigenvalue weighted by molar-refractivity contribution is 0.740. The molecule has 0 aliphatic rings. The summed E-state index contributed by atoms with van der Waals surface area (Å²) in [5.41, 5.74) is 10.3. The van der Waals surface area contributed by atoms with Gasteiger partial charge in [-0.25, -0.2) is 0 Å². The Bertz CT molecular complexity index is 262. The van der Waals surface area contributed by atoms with Crippen molar-refractivity contribution in [1.29, 1.82) is 0 Å². The Morgan fingerprint density at radius 1 is 1.50 bits per heavy atom. The number of nitrogen functional groups attached to an aromatic ring is 1. The molecule has 0 fully saturated rings. The van der Waals surface area contributed by atoms with E-state index in [2.05, 4.69) is 5.43 Å². The number of benzene rings is 1. The first kappa shape index (κ1) is 9.38. The van der Waals surface area contributed by atoms with Gasteiger partial charge in [-0.1, -0.05) is 6.07 Å². The highest BCUT2D eigenvalue weighted by Crippen LogP contribution is 2.23. The maximum Gasteiger partial charge on any atom is 0.0452 e. The summed E-state index contributed by atoms with van der Waals surface area (Å²) in [6.07, 6.45) is 2.01. The molecule has 0 unspecified atom stereocenters. The van der Waals surface area contributed by atoms with Gasteiger partial charge in [-0.2, -0.15) is 0 Å². The molecule has 66 valence electrons. The van der Waals surface area contributed by atoms with Crippen LogP contribution in [0, 0.1) is 0 Å². The summed E-state index contributed by atoms with van der Waals surface area (Å²) in [7, 11) is 0. The molecule has 0 aliphatic heterocycles. The van der Waals surface area contributed by atoms with Gasteiger partial charge in [-0.05, 0) is 24.0 Å². The van der Waals surface area contributed by atoms with Gasteiger partial charge < -0.3 is 5.73 Å². The molecule has 0 amide bonds. The van der Waals surface area contributed by atoms with Gasteiger partial charge in [0.2, 0.25) is 0 Å². The third-order valence-electron chi connectivity index (χ3n) is 1.60. The van der Waals surface area contributed by atoms with Crippen molar-refractivity contribution < 1.29 is 0 Å². The fourth-order valence-electron chi connectivity index (χ4n) is 0.983. The van der Waals surface area contributed by atoms with Crippen LogP contribution in [0.2, 0.25) is 0 Å². The first-order valence-electron chi connectivity index (χ1n) is 3.63. The predicted octanol–water partition coefficient (Wildman–Crippen LogP) is 0.954. The molecule has 5 N–H and O–H groups in total. The topological polar surface area (TPSA) is 64.1 Å². The molecule has 0 bridgehead atoms. The smallest absolute Gasteiger partial charge is 0.0452 e. The van der Waals surface area contributed by atoms with Crippen LogP contribution in [0.3, 0.4) is 0 Å². The summed E-state index contributed by atoms with van der Waals surface area (Å²) in [6.45, 7) is 0.674. The van der Waals surface area contributed by atoms with Crippen LogP contribution in [0.1, 0.15) is 5.56 Å². The number of hydrogen-bond donors (Lipinski definition) is 3. The van der Waals surface area contributed by atoms with Crippen molar-refractivity contribution in [1.82, 2.24) is 5.43 Å². The quantitative estimate of drug-likeness (QED) is 0.282. The van der Waals surface area contributed by atoms with Gasteiger partial charge in [0, 0.05) is 17.1 Å². The number of hydrazine groups is 1. The van der Waals surface area contributed by atoms with E-state index in [9.17, 15) is 0 Å². The summed E-state index contributed by atoms with van der Waals surface area (Å²) in [5, 5.41) is 0. The van der Waals surface area contributed by atoms with Gasteiger partial charge in [0.1, 0.15) is 0 Å². The van der Waals surface area contributed by atoms with E-state index >= 15 is 0 Å². The summed E-state index contributed by atoms with van der Waals surface area (Å²) >= 11 is 1.64. The Morgan fingerprint density at radius 3 is 2.83 bits per heavy atom. The van der Waals surface area contributed by atoms with Gasteiger partial charge in [0.15, 0.2) is 0 Å². The Labute approximate surface area is 76.5 Å². The van der Waals surface area contributed by atoms with Crippen LogP contribution in [-0.4, -0.2) is 6.26 Å². The molecule has 0 aliphatic carbocycles. The maximum atomic E-state index is 5.72. The van der Waals surface area contributed by atoms with Crippen LogP contribution < -0.4 is 17.0 Å². The summed E-state index contributed by atoms with van der Waals surface area (Å²) in [4.78, 5) is 1.10.